The van der Waals surface area contributed by atoms with Crippen molar-refractivity contribution in [1.82, 2.24) is 0 Å². The lowest BCUT2D eigenvalue weighted by molar-refractivity contribution is -0.118. The molecule has 3 aromatic rings. The van der Waals surface area contributed by atoms with Crippen molar-refractivity contribution >= 4 is 46.6 Å². The van der Waals surface area contributed by atoms with Crippen LogP contribution < -0.4 is 15.1 Å². The fourth-order valence-corrected chi connectivity index (χ4v) is 3.44. The van der Waals surface area contributed by atoms with E-state index in [1.807, 2.05) is 30.3 Å². The minimum Gasteiger partial charge on any atom is -0.482 e. The van der Waals surface area contributed by atoms with E-state index < -0.39 is 5.91 Å². The molecule has 1 aliphatic heterocycles. The van der Waals surface area contributed by atoms with Crippen LogP contribution in [0.15, 0.2) is 83.5 Å². The smallest absolute Gasteiger partial charge is 0.280 e. The fraction of sp³-hybridized carbons (Fsp3) is 0.0800. The first kappa shape index (κ1) is 22.2. The summed E-state index contributed by atoms with van der Waals surface area (Å²) in [6, 6.07) is 19.6. The van der Waals surface area contributed by atoms with Crippen LogP contribution in [-0.2, 0) is 9.59 Å². The van der Waals surface area contributed by atoms with Gasteiger partial charge in [0, 0.05) is 5.69 Å². The van der Waals surface area contributed by atoms with Gasteiger partial charge in [0.2, 0.25) is 0 Å². The van der Waals surface area contributed by atoms with Crippen LogP contribution in [0.25, 0.3) is 6.08 Å². The summed E-state index contributed by atoms with van der Waals surface area (Å²) in [4.78, 5) is 24.9. The predicted molar refractivity (Wildman–Crippen MR) is 127 cm³/mol. The zero-order valence-electron chi connectivity index (χ0n) is 17.6. The molecule has 1 aliphatic rings. The Morgan fingerprint density at radius 1 is 1.12 bits per heavy atom. The number of amides is 2. The van der Waals surface area contributed by atoms with Crippen molar-refractivity contribution < 1.29 is 18.7 Å². The molecule has 0 aromatic heterocycles. The molecule has 166 valence electrons. The van der Waals surface area contributed by atoms with Crippen molar-refractivity contribution in [3.63, 3.8) is 0 Å². The second kappa shape index (κ2) is 9.67. The maximum atomic E-state index is 13.0. The molecule has 0 bridgehead atoms. The average molecular weight is 464 g/mol. The van der Waals surface area contributed by atoms with E-state index in [0.29, 0.717) is 39.0 Å². The van der Waals surface area contributed by atoms with Gasteiger partial charge in [0.05, 0.1) is 22.0 Å². The van der Waals surface area contributed by atoms with Crippen molar-refractivity contribution in [2.45, 2.75) is 6.92 Å². The zero-order chi connectivity index (χ0) is 23.4. The number of carbonyl (C=O) groups is 2. The lowest BCUT2D eigenvalue weighted by Gasteiger charge is -2.11. The van der Waals surface area contributed by atoms with Gasteiger partial charge in [-0.15, -0.1) is 0 Å². The van der Waals surface area contributed by atoms with Gasteiger partial charge in [-0.05, 0) is 67.1 Å². The van der Waals surface area contributed by atoms with Gasteiger partial charge >= 0.3 is 0 Å². The molecule has 0 saturated heterocycles. The van der Waals surface area contributed by atoms with Gasteiger partial charge in [0.15, 0.2) is 6.61 Å². The number of nitrogens with one attached hydrogen (secondary N) is 1. The molecule has 0 aliphatic carbocycles. The molecule has 3 aromatic carbocycles. The number of halogens is 2. The number of nitrogens with zero attached hydrogens (tertiary/aromatic N) is 2. The van der Waals surface area contributed by atoms with Crippen LogP contribution in [0.1, 0.15) is 12.5 Å². The molecule has 0 radical (unpaired) electrons. The summed E-state index contributed by atoms with van der Waals surface area (Å²) in [5.41, 5.74) is 2.89. The van der Waals surface area contributed by atoms with E-state index >= 15 is 0 Å². The molecule has 1 N–H and O–H groups in total. The number of para-hydroxylation sites is 1. The lowest BCUT2D eigenvalue weighted by atomic mass is 10.1. The van der Waals surface area contributed by atoms with Gasteiger partial charge in [-0.25, -0.2) is 4.39 Å². The molecule has 0 atom stereocenters. The first-order valence-electron chi connectivity index (χ1n) is 10.1. The summed E-state index contributed by atoms with van der Waals surface area (Å²) in [6.45, 7) is 1.50. The average Bonchev–Trinajstić information content (AvgIpc) is 3.09. The van der Waals surface area contributed by atoms with Gasteiger partial charge in [0.25, 0.3) is 11.8 Å². The van der Waals surface area contributed by atoms with Gasteiger partial charge in [-0.1, -0.05) is 35.9 Å². The molecule has 33 heavy (non-hydrogen) atoms. The standard InChI is InChI=1S/C25H19ClFN3O3/c1-16-21(25(32)30(29-16)20-5-3-2-4-6-20)13-17-7-12-23(22(26)14-17)33-15-24(31)28-19-10-8-18(27)9-11-19/h2-14H,15H2,1H3,(H,28,31)/b21-13+. The molecule has 0 fully saturated rings. The number of hydrogen-bond acceptors (Lipinski definition) is 4. The Hall–Kier alpha value is -3.97. The lowest BCUT2D eigenvalue weighted by Crippen LogP contribution is -2.21. The van der Waals surface area contributed by atoms with Crippen LogP contribution in [0.4, 0.5) is 15.8 Å². The topological polar surface area (TPSA) is 71.0 Å². The summed E-state index contributed by atoms with van der Waals surface area (Å²) in [6.07, 6.45) is 1.71. The SMILES string of the molecule is CC1=NN(c2ccccc2)C(=O)/C1=C/c1ccc(OCC(=O)Nc2ccc(F)cc2)c(Cl)c1. The number of benzene rings is 3. The van der Waals surface area contributed by atoms with E-state index in [-0.39, 0.29) is 18.3 Å². The minimum absolute atomic E-state index is 0.229. The highest BCUT2D eigenvalue weighted by molar-refractivity contribution is 6.33. The number of carbonyl (C=O) groups excluding carboxylic acids is 2. The summed E-state index contributed by atoms with van der Waals surface area (Å²) >= 11 is 6.32. The van der Waals surface area contributed by atoms with E-state index in [0.717, 1.165) is 0 Å². The monoisotopic (exact) mass is 463 g/mol. The highest BCUT2D eigenvalue weighted by atomic mass is 35.5. The molecule has 0 unspecified atom stereocenters. The van der Waals surface area contributed by atoms with Crippen molar-refractivity contribution in [3.05, 3.63) is 94.8 Å². The Kier molecular flexibility index (Phi) is 6.51. The summed E-state index contributed by atoms with van der Waals surface area (Å²) < 4.78 is 18.5. The molecule has 0 saturated carbocycles. The third-order valence-corrected chi connectivity index (χ3v) is 5.11. The van der Waals surface area contributed by atoms with E-state index in [1.165, 1.54) is 29.3 Å². The predicted octanol–water partition coefficient (Wildman–Crippen LogP) is 5.30. The number of hydrazone groups is 1. The quantitative estimate of drug-likeness (QED) is 0.504. The Bertz CT molecular complexity index is 1260. The zero-order valence-corrected chi connectivity index (χ0v) is 18.3. The number of hydrogen-bond donors (Lipinski definition) is 1. The van der Waals surface area contributed by atoms with E-state index in [2.05, 4.69) is 10.4 Å². The highest BCUT2D eigenvalue weighted by Gasteiger charge is 2.28. The Morgan fingerprint density at radius 2 is 1.85 bits per heavy atom. The molecular weight excluding hydrogens is 445 g/mol. The first-order valence-corrected chi connectivity index (χ1v) is 10.4. The fourth-order valence-electron chi connectivity index (χ4n) is 3.19. The van der Waals surface area contributed by atoms with Crippen LogP contribution in [0.2, 0.25) is 5.02 Å². The Morgan fingerprint density at radius 3 is 2.55 bits per heavy atom. The van der Waals surface area contributed by atoms with Gasteiger partial charge in [-0.2, -0.15) is 10.1 Å². The Balaban J connectivity index is 1.41. The van der Waals surface area contributed by atoms with Crippen LogP contribution in [0.3, 0.4) is 0 Å². The summed E-state index contributed by atoms with van der Waals surface area (Å²) in [5, 5.41) is 8.61. The maximum Gasteiger partial charge on any atom is 0.280 e. The third-order valence-electron chi connectivity index (χ3n) is 4.82. The van der Waals surface area contributed by atoms with Crippen LogP contribution in [-0.4, -0.2) is 24.1 Å². The van der Waals surface area contributed by atoms with Crippen LogP contribution >= 0.6 is 11.6 Å². The largest absolute Gasteiger partial charge is 0.482 e. The van der Waals surface area contributed by atoms with Crippen molar-refractivity contribution in [2.75, 3.05) is 16.9 Å². The normalized spacial score (nSPS) is 14.4. The Labute approximate surface area is 194 Å². The summed E-state index contributed by atoms with van der Waals surface area (Å²) in [5.74, 6) is -0.706. The molecule has 2 amide bonds. The second-order valence-corrected chi connectivity index (χ2v) is 7.64. The highest BCUT2D eigenvalue weighted by Crippen LogP contribution is 2.29. The van der Waals surface area contributed by atoms with E-state index in [4.69, 9.17) is 16.3 Å². The van der Waals surface area contributed by atoms with Crippen molar-refractivity contribution in [3.8, 4) is 5.75 Å². The van der Waals surface area contributed by atoms with E-state index in [9.17, 15) is 14.0 Å². The number of anilines is 2. The molecule has 6 nitrogen and oxygen atoms in total. The molecule has 0 spiro atoms. The maximum absolute atomic E-state index is 13.0. The number of rotatable bonds is 6. The molecule has 1 heterocycles. The number of ether oxygens (including phenoxy) is 1. The minimum atomic E-state index is -0.409. The van der Waals surface area contributed by atoms with Gasteiger partial charge < -0.3 is 10.1 Å². The molecular formula is C25H19ClFN3O3. The van der Waals surface area contributed by atoms with Crippen molar-refractivity contribution in [2.24, 2.45) is 5.10 Å². The van der Waals surface area contributed by atoms with Gasteiger partial charge in [0.1, 0.15) is 11.6 Å². The van der Waals surface area contributed by atoms with Crippen LogP contribution in [0, 0.1) is 5.82 Å². The second-order valence-electron chi connectivity index (χ2n) is 7.23. The first-order chi connectivity index (χ1) is 15.9. The third kappa shape index (κ3) is 5.27. The van der Waals surface area contributed by atoms with Crippen LogP contribution in [0.5, 0.6) is 5.75 Å². The van der Waals surface area contributed by atoms with E-state index in [1.54, 1.807) is 31.2 Å². The van der Waals surface area contributed by atoms with Gasteiger partial charge in [-0.3, -0.25) is 9.59 Å². The molecule has 4 rings (SSSR count). The molecule has 8 heteroatoms. The summed E-state index contributed by atoms with van der Waals surface area (Å²) in [7, 11) is 0. The van der Waals surface area contributed by atoms with Crippen molar-refractivity contribution in [1.29, 1.82) is 0 Å².